The first kappa shape index (κ1) is 9.74. The number of hydrogen-bond donors (Lipinski definition) is 1. The Labute approximate surface area is 101 Å². The molecule has 0 aliphatic carbocycles. The number of rotatable bonds is 1. The average molecular weight is 247 g/mol. The fraction of sp³-hybridized carbons (Fsp3) is 0.0909. The van der Waals surface area contributed by atoms with Gasteiger partial charge >= 0.3 is 0 Å². The highest BCUT2D eigenvalue weighted by Gasteiger charge is 2.08. The monoisotopic (exact) mass is 247 g/mol. The van der Waals surface area contributed by atoms with Crippen LogP contribution < -0.4 is 5.73 Å². The third-order valence-corrected chi connectivity index (χ3v) is 4.02. The summed E-state index contributed by atoms with van der Waals surface area (Å²) in [6, 6.07) is 6.28. The van der Waals surface area contributed by atoms with Crippen molar-refractivity contribution in [3.05, 3.63) is 29.1 Å². The summed E-state index contributed by atoms with van der Waals surface area (Å²) in [5.74, 6) is 0. The maximum atomic E-state index is 5.62. The van der Waals surface area contributed by atoms with Crippen LogP contribution in [0.25, 0.3) is 20.9 Å². The molecule has 5 heteroatoms. The van der Waals surface area contributed by atoms with Crippen LogP contribution in [0.2, 0.25) is 0 Å². The van der Waals surface area contributed by atoms with Crippen molar-refractivity contribution in [1.82, 2.24) is 9.97 Å². The molecule has 2 aromatic heterocycles. The van der Waals surface area contributed by atoms with E-state index in [-0.39, 0.29) is 0 Å². The topological polar surface area (TPSA) is 51.8 Å². The lowest BCUT2D eigenvalue weighted by Crippen LogP contribution is -1.81. The highest BCUT2D eigenvalue weighted by Crippen LogP contribution is 2.31. The van der Waals surface area contributed by atoms with E-state index >= 15 is 0 Å². The van der Waals surface area contributed by atoms with Gasteiger partial charge in [-0.05, 0) is 24.6 Å². The van der Waals surface area contributed by atoms with Crippen molar-refractivity contribution in [1.29, 1.82) is 0 Å². The van der Waals surface area contributed by atoms with Gasteiger partial charge in [0.1, 0.15) is 10.7 Å². The van der Waals surface area contributed by atoms with Gasteiger partial charge in [0.25, 0.3) is 0 Å². The molecule has 0 fully saturated rings. The standard InChI is InChI=1S/C11H9N3S2/c1-6-2-3-9-7(4-6)13-10(16-9)8-5-15-11(12)14-8/h2-5H,1H3,(H2,12,14). The Bertz CT molecular complexity index is 654. The fourth-order valence-electron chi connectivity index (χ4n) is 1.53. The zero-order valence-electron chi connectivity index (χ0n) is 8.60. The van der Waals surface area contributed by atoms with E-state index in [9.17, 15) is 0 Å². The molecular formula is C11H9N3S2. The highest BCUT2D eigenvalue weighted by atomic mass is 32.1. The second-order valence-electron chi connectivity index (χ2n) is 3.56. The lowest BCUT2D eigenvalue weighted by atomic mass is 10.2. The van der Waals surface area contributed by atoms with Gasteiger partial charge in [0.05, 0.1) is 10.2 Å². The minimum absolute atomic E-state index is 0.588. The molecule has 0 bridgehead atoms. The number of aryl methyl sites for hydroxylation is 1. The first-order valence-corrected chi connectivity index (χ1v) is 6.50. The third-order valence-electron chi connectivity index (χ3n) is 2.28. The number of benzene rings is 1. The fourth-order valence-corrected chi connectivity index (χ4v) is 3.06. The van der Waals surface area contributed by atoms with E-state index in [0.29, 0.717) is 5.13 Å². The van der Waals surface area contributed by atoms with Gasteiger partial charge < -0.3 is 5.73 Å². The molecule has 0 saturated heterocycles. The molecule has 0 aliphatic heterocycles. The van der Waals surface area contributed by atoms with Gasteiger partial charge in [0.15, 0.2) is 5.13 Å². The molecule has 3 rings (SSSR count). The second kappa shape index (κ2) is 3.54. The van der Waals surface area contributed by atoms with Gasteiger partial charge in [0, 0.05) is 5.38 Å². The van der Waals surface area contributed by atoms with Gasteiger partial charge in [-0.3, -0.25) is 0 Å². The number of fused-ring (bicyclic) bond motifs is 1. The van der Waals surface area contributed by atoms with Crippen LogP contribution in [0, 0.1) is 6.92 Å². The van der Waals surface area contributed by atoms with Crippen LogP contribution in [0.5, 0.6) is 0 Å². The van der Waals surface area contributed by atoms with E-state index < -0.39 is 0 Å². The Morgan fingerprint density at radius 3 is 2.88 bits per heavy atom. The summed E-state index contributed by atoms with van der Waals surface area (Å²) in [4.78, 5) is 8.81. The summed E-state index contributed by atoms with van der Waals surface area (Å²) in [6.45, 7) is 2.07. The molecule has 2 heterocycles. The molecule has 80 valence electrons. The summed E-state index contributed by atoms with van der Waals surface area (Å²) < 4.78 is 1.19. The molecular weight excluding hydrogens is 238 g/mol. The first-order valence-electron chi connectivity index (χ1n) is 4.81. The van der Waals surface area contributed by atoms with Crippen LogP contribution in [0.1, 0.15) is 5.56 Å². The van der Waals surface area contributed by atoms with Gasteiger partial charge in [-0.25, -0.2) is 9.97 Å². The molecule has 0 atom stereocenters. The molecule has 2 N–H and O–H groups in total. The Morgan fingerprint density at radius 1 is 1.25 bits per heavy atom. The van der Waals surface area contributed by atoms with Gasteiger partial charge in [-0.15, -0.1) is 22.7 Å². The Balaban J connectivity index is 2.18. The molecule has 0 spiro atoms. The van der Waals surface area contributed by atoms with E-state index in [1.54, 1.807) is 11.3 Å². The Hall–Kier alpha value is -1.46. The predicted octanol–water partition coefficient (Wildman–Crippen LogP) is 3.31. The number of thiazole rings is 2. The number of nitrogen functional groups attached to an aromatic ring is 1. The average Bonchev–Trinajstić information content (AvgIpc) is 2.83. The molecule has 3 nitrogen and oxygen atoms in total. The molecule has 0 saturated carbocycles. The summed E-state index contributed by atoms with van der Waals surface area (Å²) in [5, 5.41) is 3.47. The van der Waals surface area contributed by atoms with Crippen LogP contribution >= 0.6 is 22.7 Å². The van der Waals surface area contributed by atoms with Crippen molar-refractivity contribution in [3.63, 3.8) is 0 Å². The maximum Gasteiger partial charge on any atom is 0.180 e. The molecule has 0 aliphatic rings. The summed E-state index contributed by atoms with van der Waals surface area (Å²) in [6.07, 6.45) is 0. The van der Waals surface area contributed by atoms with E-state index in [0.717, 1.165) is 16.2 Å². The first-order chi connectivity index (χ1) is 7.72. The predicted molar refractivity (Wildman–Crippen MR) is 69.9 cm³/mol. The van der Waals surface area contributed by atoms with Crippen molar-refractivity contribution < 1.29 is 0 Å². The van der Waals surface area contributed by atoms with E-state index in [2.05, 4.69) is 35.1 Å². The molecule has 0 unspecified atom stereocenters. The largest absolute Gasteiger partial charge is 0.375 e. The zero-order valence-corrected chi connectivity index (χ0v) is 10.2. The minimum Gasteiger partial charge on any atom is -0.375 e. The van der Waals surface area contributed by atoms with Crippen LogP contribution in [-0.2, 0) is 0 Å². The molecule has 3 aromatic rings. The normalized spacial score (nSPS) is 11.1. The Kier molecular flexibility index (Phi) is 2.15. The minimum atomic E-state index is 0.588. The maximum absolute atomic E-state index is 5.62. The number of aromatic nitrogens is 2. The van der Waals surface area contributed by atoms with Gasteiger partial charge in [-0.1, -0.05) is 6.07 Å². The molecule has 0 amide bonds. The molecule has 16 heavy (non-hydrogen) atoms. The van der Waals surface area contributed by atoms with Crippen LogP contribution in [0.15, 0.2) is 23.6 Å². The second-order valence-corrected chi connectivity index (χ2v) is 5.48. The quantitative estimate of drug-likeness (QED) is 0.717. The van der Waals surface area contributed by atoms with Crippen LogP contribution in [0.3, 0.4) is 0 Å². The Morgan fingerprint density at radius 2 is 2.12 bits per heavy atom. The SMILES string of the molecule is Cc1ccc2sc(-c3csc(N)n3)nc2c1. The highest BCUT2D eigenvalue weighted by molar-refractivity contribution is 7.22. The van der Waals surface area contributed by atoms with Crippen molar-refractivity contribution in [2.45, 2.75) is 6.92 Å². The number of anilines is 1. The van der Waals surface area contributed by atoms with Crippen LogP contribution in [-0.4, -0.2) is 9.97 Å². The number of nitrogens with zero attached hydrogens (tertiary/aromatic N) is 2. The molecule has 0 radical (unpaired) electrons. The third kappa shape index (κ3) is 1.58. The van der Waals surface area contributed by atoms with E-state index in [4.69, 9.17) is 5.73 Å². The van der Waals surface area contributed by atoms with Crippen molar-refractivity contribution >= 4 is 38.0 Å². The van der Waals surface area contributed by atoms with Gasteiger partial charge in [-0.2, -0.15) is 0 Å². The zero-order chi connectivity index (χ0) is 11.1. The lowest BCUT2D eigenvalue weighted by Gasteiger charge is -1.88. The summed E-state index contributed by atoms with van der Waals surface area (Å²) in [5.41, 5.74) is 8.75. The van der Waals surface area contributed by atoms with Crippen molar-refractivity contribution in [2.75, 3.05) is 5.73 Å². The lowest BCUT2D eigenvalue weighted by molar-refractivity contribution is 1.37. The van der Waals surface area contributed by atoms with Gasteiger partial charge in [0.2, 0.25) is 0 Å². The van der Waals surface area contributed by atoms with E-state index in [1.165, 1.54) is 21.6 Å². The van der Waals surface area contributed by atoms with Crippen molar-refractivity contribution in [2.24, 2.45) is 0 Å². The number of hydrogen-bond acceptors (Lipinski definition) is 5. The summed E-state index contributed by atoms with van der Waals surface area (Å²) >= 11 is 3.10. The van der Waals surface area contributed by atoms with Crippen LogP contribution in [0.4, 0.5) is 5.13 Å². The smallest absolute Gasteiger partial charge is 0.180 e. The van der Waals surface area contributed by atoms with Crippen molar-refractivity contribution in [3.8, 4) is 10.7 Å². The molecule has 1 aromatic carbocycles. The number of nitrogens with two attached hydrogens (primary N) is 1. The summed E-state index contributed by atoms with van der Waals surface area (Å²) in [7, 11) is 0. The van der Waals surface area contributed by atoms with E-state index in [1.807, 2.05) is 5.38 Å².